The van der Waals surface area contributed by atoms with Gasteiger partial charge in [0.25, 0.3) is 0 Å². The third kappa shape index (κ3) is 14.4. The van der Waals surface area contributed by atoms with Crippen molar-refractivity contribution in [2.45, 2.75) is 45.2 Å². The summed E-state index contributed by atoms with van der Waals surface area (Å²) in [7, 11) is 1.14. The van der Waals surface area contributed by atoms with E-state index in [1.807, 2.05) is 0 Å². The normalized spacial score (nSPS) is 11.4. The number of nitrogens with zero attached hydrogens (tertiary/aromatic N) is 1. The van der Waals surface area contributed by atoms with Crippen LogP contribution in [0.2, 0.25) is 0 Å². The lowest BCUT2D eigenvalue weighted by molar-refractivity contribution is -0.152. The van der Waals surface area contributed by atoms with Gasteiger partial charge in [-0.15, -0.1) is 0 Å². The molecule has 0 bridgehead atoms. The van der Waals surface area contributed by atoms with Crippen molar-refractivity contribution >= 4 is 42.0 Å². The SMILES string of the molecule is COC(=O)C(C[C@H](C)N=C(NC(=O)OCOC(=O)Cc1ccccc1)NC(=O)OCOC(=O)Cc1ccccc1)NC(C)=O. The first-order chi connectivity index (χ1) is 21.0. The fourth-order valence-electron chi connectivity index (χ4n) is 3.50. The Balaban J connectivity index is 1.97. The highest BCUT2D eigenvalue weighted by Gasteiger charge is 2.24. The molecular weight excluding hydrogens is 580 g/mol. The monoisotopic (exact) mass is 614 g/mol. The molecule has 44 heavy (non-hydrogen) atoms. The average Bonchev–Trinajstić information content (AvgIpc) is 2.97. The highest BCUT2D eigenvalue weighted by molar-refractivity contribution is 6.01. The molecule has 0 spiro atoms. The number of esters is 3. The van der Waals surface area contributed by atoms with Gasteiger partial charge in [-0.3, -0.25) is 25.0 Å². The molecule has 0 aliphatic carbocycles. The lowest BCUT2D eigenvalue weighted by Gasteiger charge is -2.19. The summed E-state index contributed by atoms with van der Waals surface area (Å²) in [5.74, 6) is -3.02. The molecule has 0 fully saturated rings. The third-order valence-corrected chi connectivity index (χ3v) is 5.43. The van der Waals surface area contributed by atoms with Crippen LogP contribution in [-0.2, 0) is 55.7 Å². The molecule has 0 heterocycles. The predicted octanol–water partition coefficient (Wildman–Crippen LogP) is 1.74. The average molecular weight is 615 g/mol. The van der Waals surface area contributed by atoms with E-state index in [9.17, 15) is 28.8 Å². The minimum absolute atomic E-state index is 0.0466. The van der Waals surface area contributed by atoms with Crippen molar-refractivity contribution in [3.63, 3.8) is 0 Å². The first-order valence-electron chi connectivity index (χ1n) is 13.2. The van der Waals surface area contributed by atoms with Crippen LogP contribution in [0, 0.1) is 0 Å². The van der Waals surface area contributed by atoms with Crippen LogP contribution in [0.1, 0.15) is 31.4 Å². The van der Waals surface area contributed by atoms with Crippen LogP contribution in [0.3, 0.4) is 0 Å². The van der Waals surface area contributed by atoms with Crippen molar-refractivity contribution in [1.29, 1.82) is 0 Å². The fraction of sp³-hybridized carbons (Fsp3) is 0.345. The second-order valence-electron chi connectivity index (χ2n) is 9.05. The third-order valence-electron chi connectivity index (χ3n) is 5.43. The van der Waals surface area contributed by atoms with Crippen molar-refractivity contribution in [2.75, 3.05) is 20.7 Å². The lowest BCUT2D eigenvalue weighted by atomic mass is 10.1. The first-order valence-corrected chi connectivity index (χ1v) is 13.2. The maximum Gasteiger partial charge on any atom is 0.416 e. The largest absolute Gasteiger partial charge is 0.467 e. The zero-order chi connectivity index (χ0) is 32.3. The molecule has 0 saturated carbocycles. The molecule has 0 saturated heterocycles. The number of alkyl carbamates (subject to hydrolysis) is 2. The van der Waals surface area contributed by atoms with Gasteiger partial charge in [-0.1, -0.05) is 60.7 Å². The van der Waals surface area contributed by atoms with Crippen molar-refractivity contribution in [3.8, 4) is 0 Å². The van der Waals surface area contributed by atoms with Gasteiger partial charge >= 0.3 is 30.1 Å². The van der Waals surface area contributed by atoms with E-state index in [-0.39, 0.29) is 19.3 Å². The number of amides is 3. The van der Waals surface area contributed by atoms with Crippen LogP contribution in [0.4, 0.5) is 9.59 Å². The second-order valence-corrected chi connectivity index (χ2v) is 9.05. The van der Waals surface area contributed by atoms with E-state index in [2.05, 4.69) is 25.7 Å². The van der Waals surface area contributed by atoms with Gasteiger partial charge < -0.3 is 29.0 Å². The van der Waals surface area contributed by atoms with Crippen molar-refractivity contribution in [1.82, 2.24) is 16.0 Å². The summed E-state index contributed by atoms with van der Waals surface area (Å²) < 4.78 is 24.1. The van der Waals surface area contributed by atoms with Crippen LogP contribution >= 0.6 is 0 Å². The van der Waals surface area contributed by atoms with E-state index in [0.29, 0.717) is 11.1 Å². The van der Waals surface area contributed by atoms with Crippen molar-refractivity contribution in [2.24, 2.45) is 4.99 Å². The van der Waals surface area contributed by atoms with Gasteiger partial charge in [0.15, 0.2) is 0 Å². The first kappa shape index (κ1) is 34.7. The topological polar surface area (TPSA) is 197 Å². The fourth-order valence-corrected chi connectivity index (χ4v) is 3.50. The Morgan fingerprint density at radius 1 is 0.727 bits per heavy atom. The Bertz CT molecular complexity index is 1230. The Morgan fingerprint density at radius 3 is 1.59 bits per heavy atom. The number of guanidine groups is 1. The molecule has 2 rings (SSSR count). The van der Waals surface area contributed by atoms with Gasteiger partial charge in [-0.25, -0.2) is 19.4 Å². The van der Waals surface area contributed by atoms with Gasteiger partial charge in [0, 0.05) is 13.3 Å². The van der Waals surface area contributed by atoms with Gasteiger partial charge in [-0.2, -0.15) is 0 Å². The van der Waals surface area contributed by atoms with Crippen LogP contribution < -0.4 is 16.0 Å². The van der Waals surface area contributed by atoms with Crippen LogP contribution in [0.5, 0.6) is 0 Å². The maximum absolute atomic E-state index is 12.4. The van der Waals surface area contributed by atoms with Crippen LogP contribution in [-0.4, -0.2) is 74.7 Å². The van der Waals surface area contributed by atoms with Gasteiger partial charge in [0.1, 0.15) is 6.04 Å². The number of carbonyl (C=O) groups is 6. The highest BCUT2D eigenvalue weighted by Crippen LogP contribution is 2.06. The number of rotatable bonds is 13. The summed E-state index contributed by atoms with van der Waals surface area (Å²) >= 11 is 0. The zero-order valence-corrected chi connectivity index (χ0v) is 24.4. The lowest BCUT2D eigenvalue weighted by Crippen LogP contribution is -2.46. The number of aliphatic imine (C=N–C) groups is 1. The van der Waals surface area contributed by atoms with E-state index in [0.717, 1.165) is 7.11 Å². The Kier molecular flexibility index (Phi) is 14.9. The van der Waals surface area contributed by atoms with E-state index in [1.54, 1.807) is 60.7 Å². The van der Waals surface area contributed by atoms with Gasteiger partial charge in [-0.05, 0) is 18.1 Å². The molecule has 3 N–H and O–H groups in total. The molecule has 236 valence electrons. The molecule has 2 aromatic carbocycles. The summed E-state index contributed by atoms with van der Waals surface area (Å²) in [5, 5.41) is 6.76. The van der Waals surface area contributed by atoms with Gasteiger partial charge in [0.2, 0.25) is 25.5 Å². The van der Waals surface area contributed by atoms with Crippen LogP contribution in [0.25, 0.3) is 0 Å². The maximum atomic E-state index is 12.4. The minimum atomic E-state index is -1.16. The number of methoxy groups -OCH3 is 1. The standard InChI is InChI=1S/C29H34N4O11/c1-19(14-23(26(37)40-3)31-20(2)34)30-27(32-28(38)43-17-41-24(35)15-21-10-6-4-7-11-21)33-29(39)44-18-42-25(36)16-22-12-8-5-9-13-22/h4-13,19,23H,14-18H2,1-3H3,(H,31,34)(H2,30,32,33,38,39)/t19-,23?/m0/s1. The van der Waals surface area contributed by atoms with Crippen molar-refractivity contribution < 1.29 is 52.5 Å². The number of nitrogens with one attached hydrogen (secondary N) is 3. The molecule has 0 aliphatic heterocycles. The Morgan fingerprint density at radius 2 is 1.18 bits per heavy atom. The Hall–Kier alpha value is -5.47. The number of benzene rings is 2. The summed E-state index contributed by atoms with van der Waals surface area (Å²) in [6.07, 6.45) is -2.50. The summed E-state index contributed by atoms with van der Waals surface area (Å²) in [6.45, 7) is 1.25. The molecule has 2 aromatic rings. The summed E-state index contributed by atoms with van der Waals surface area (Å²) in [5.41, 5.74) is 1.40. The number of ether oxygens (including phenoxy) is 5. The Labute approximate surface area is 253 Å². The molecule has 15 nitrogen and oxygen atoms in total. The number of carbonyl (C=O) groups excluding carboxylic acids is 6. The quantitative estimate of drug-likeness (QED) is 0.0977. The summed E-state index contributed by atoms with van der Waals surface area (Å²) in [6, 6.07) is 15.6. The molecule has 3 amide bonds. The minimum Gasteiger partial charge on any atom is -0.467 e. The van der Waals surface area contributed by atoms with Gasteiger partial charge in [0.05, 0.1) is 26.0 Å². The second kappa shape index (κ2) is 18.9. The molecule has 1 unspecified atom stereocenters. The van der Waals surface area contributed by atoms with E-state index >= 15 is 0 Å². The smallest absolute Gasteiger partial charge is 0.416 e. The molecule has 2 atom stereocenters. The molecule has 0 aromatic heterocycles. The predicted molar refractivity (Wildman–Crippen MR) is 153 cm³/mol. The van der Waals surface area contributed by atoms with E-state index in [1.165, 1.54) is 13.8 Å². The highest BCUT2D eigenvalue weighted by atomic mass is 16.7. The van der Waals surface area contributed by atoms with Crippen LogP contribution in [0.15, 0.2) is 65.7 Å². The number of hydrogen-bond donors (Lipinski definition) is 3. The zero-order valence-electron chi connectivity index (χ0n) is 24.4. The van der Waals surface area contributed by atoms with Crippen molar-refractivity contribution in [3.05, 3.63) is 71.8 Å². The molecule has 15 heteroatoms. The molecular formula is C29H34N4O11. The summed E-state index contributed by atoms with van der Waals surface area (Å²) in [4.78, 5) is 76.4. The van der Waals surface area contributed by atoms with E-state index in [4.69, 9.17) is 18.9 Å². The number of hydrogen-bond acceptors (Lipinski definition) is 12. The molecule has 0 radical (unpaired) electrons. The van der Waals surface area contributed by atoms with E-state index < -0.39 is 67.6 Å². The molecule has 0 aliphatic rings.